The van der Waals surface area contributed by atoms with Crippen LogP contribution in [-0.4, -0.2) is 38.3 Å². The van der Waals surface area contributed by atoms with Gasteiger partial charge in [-0.2, -0.15) is 0 Å². The van der Waals surface area contributed by atoms with Gasteiger partial charge in [0.1, 0.15) is 0 Å². The lowest BCUT2D eigenvalue weighted by Crippen LogP contribution is -2.42. The lowest BCUT2D eigenvalue weighted by molar-refractivity contribution is 0.0468. The van der Waals surface area contributed by atoms with E-state index in [1.54, 1.807) is 7.05 Å². The van der Waals surface area contributed by atoms with E-state index in [1.165, 1.54) is 38.5 Å². The zero-order valence-electron chi connectivity index (χ0n) is 12.6. The van der Waals surface area contributed by atoms with Crippen LogP contribution in [0.15, 0.2) is 4.99 Å². The van der Waals surface area contributed by atoms with Crippen LogP contribution in [-0.2, 0) is 4.74 Å². The number of hydrogen-bond donors (Lipinski definition) is 2. The first-order valence-electron chi connectivity index (χ1n) is 7.31. The van der Waals surface area contributed by atoms with Crippen LogP contribution in [0.5, 0.6) is 0 Å². The van der Waals surface area contributed by atoms with Gasteiger partial charge < -0.3 is 15.4 Å². The zero-order chi connectivity index (χ0) is 13.2. The third kappa shape index (κ3) is 9.49. The highest BCUT2D eigenvalue weighted by Crippen LogP contribution is 2.19. The minimum Gasteiger partial charge on any atom is -0.376 e. The maximum atomic E-state index is 5.92. The molecule has 0 aromatic rings. The molecular weight excluding hydrogens is 353 g/mol. The number of hydrogen-bond acceptors (Lipinski definition) is 2. The minimum atomic E-state index is 0. The van der Waals surface area contributed by atoms with E-state index in [1.807, 2.05) is 0 Å². The molecular formula is C14H30IN3O. The molecule has 1 aliphatic rings. The molecule has 5 heteroatoms. The molecule has 0 aliphatic heterocycles. The van der Waals surface area contributed by atoms with Crippen LogP contribution in [0.1, 0.15) is 52.4 Å². The number of nitrogens with one attached hydrogen (secondary N) is 2. The number of guanidine groups is 1. The maximum absolute atomic E-state index is 5.92. The predicted molar refractivity (Wildman–Crippen MR) is 92.5 cm³/mol. The van der Waals surface area contributed by atoms with E-state index in [0.29, 0.717) is 12.1 Å². The first-order chi connectivity index (χ1) is 8.72. The van der Waals surface area contributed by atoms with Crippen molar-refractivity contribution in [1.82, 2.24) is 10.6 Å². The van der Waals surface area contributed by atoms with Gasteiger partial charge in [-0.25, -0.2) is 0 Å². The van der Waals surface area contributed by atoms with Gasteiger partial charge in [0, 0.05) is 19.6 Å². The normalized spacial score (nSPS) is 17.8. The topological polar surface area (TPSA) is 45.7 Å². The molecule has 0 unspecified atom stereocenters. The van der Waals surface area contributed by atoms with Crippen LogP contribution in [0.2, 0.25) is 0 Å². The molecule has 1 rings (SSSR count). The van der Waals surface area contributed by atoms with Gasteiger partial charge in [-0.15, -0.1) is 24.0 Å². The van der Waals surface area contributed by atoms with Crippen LogP contribution in [0.3, 0.4) is 0 Å². The summed E-state index contributed by atoms with van der Waals surface area (Å²) in [5, 5.41) is 6.53. The summed E-state index contributed by atoms with van der Waals surface area (Å²) in [4.78, 5) is 4.17. The highest BCUT2D eigenvalue weighted by Gasteiger charge is 2.12. The first-order valence-corrected chi connectivity index (χ1v) is 7.31. The fourth-order valence-electron chi connectivity index (χ4n) is 2.27. The lowest BCUT2D eigenvalue weighted by Gasteiger charge is -2.17. The largest absolute Gasteiger partial charge is 0.376 e. The molecule has 0 atom stereocenters. The van der Waals surface area contributed by atoms with E-state index < -0.39 is 0 Å². The first kappa shape index (κ1) is 19.0. The van der Waals surface area contributed by atoms with Gasteiger partial charge in [-0.05, 0) is 26.7 Å². The average molecular weight is 383 g/mol. The van der Waals surface area contributed by atoms with E-state index in [2.05, 4.69) is 29.5 Å². The fraction of sp³-hybridized carbons (Fsp3) is 0.929. The summed E-state index contributed by atoms with van der Waals surface area (Å²) in [6.45, 7) is 5.80. The summed E-state index contributed by atoms with van der Waals surface area (Å²) in [6.07, 6.45) is 8.36. The molecule has 1 saturated carbocycles. The standard InChI is InChI=1S/C14H29N3O.HI/c1-12(2)17-14(15-3)16-10-11-18-13-8-6-4-5-7-9-13;/h12-13H,4-11H2,1-3H3,(H2,15,16,17);1H. The highest BCUT2D eigenvalue weighted by molar-refractivity contribution is 14.0. The summed E-state index contributed by atoms with van der Waals surface area (Å²) in [6, 6.07) is 0.402. The van der Waals surface area contributed by atoms with E-state index in [-0.39, 0.29) is 24.0 Å². The molecule has 4 nitrogen and oxygen atoms in total. The van der Waals surface area contributed by atoms with Crippen molar-refractivity contribution in [2.45, 2.75) is 64.5 Å². The summed E-state index contributed by atoms with van der Waals surface area (Å²) in [5.74, 6) is 0.856. The number of ether oxygens (including phenoxy) is 1. The third-order valence-electron chi connectivity index (χ3n) is 3.20. The van der Waals surface area contributed by atoms with Gasteiger partial charge in [0.15, 0.2) is 5.96 Å². The van der Waals surface area contributed by atoms with Crippen LogP contribution in [0.4, 0.5) is 0 Å². The average Bonchev–Trinajstić information content (AvgIpc) is 2.61. The molecule has 0 radical (unpaired) electrons. The highest BCUT2D eigenvalue weighted by atomic mass is 127. The molecule has 1 fully saturated rings. The molecule has 0 aromatic carbocycles. The maximum Gasteiger partial charge on any atom is 0.191 e. The van der Waals surface area contributed by atoms with Crippen molar-refractivity contribution in [3.8, 4) is 0 Å². The lowest BCUT2D eigenvalue weighted by atomic mass is 10.1. The van der Waals surface area contributed by atoms with Crippen LogP contribution in [0.25, 0.3) is 0 Å². The van der Waals surface area contributed by atoms with E-state index >= 15 is 0 Å². The molecule has 1 aliphatic carbocycles. The van der Waals surface area contributed by atoms with Gasteiger partial charge in [-0.1, -0.05) is 25.7 Å². The Kier molecular flexibility index (Phi) is 11.7. The summed E-state index contributed by atoms with van der Waals surface area (Å²) in [7, 11) is 1.80. The van der Waals surface area contributed by atoms with Gasteiger partial charge in [-0.3, -0.25) is 4.99 Å². The molecule has 0 saturated heterocycles. The van der Waals surface area contributed by atoms with Gasteiger partial charge in [0.2, 0.25) is 0 Å². The number of halogens is 1. The van der Waals surface area contributed by atoms with Crippen molar-refractivity contribution in [3.05, 3.63) is 0 Å². The summed E-state index contributed by atoms with van der Waals surface area (Å²) in [5.41, 5.74) is 0. The van der Waals surface area contributed by atoms with Gasteiger partial charge in [0.05, 0.1) is 12.7 Å². The Morgan fingerprint density at radius 3 is 2.37 bits per heavy atom. The Labute approximate surface area is 135 Å². The fourth-order valence-corrected chi connectivity index (χ4v) is 2.27. The minimum absolute atomic E-state index is 0. The quantitative estimate of drug-likeness (QED) is 0.252. The smallest absolute Gasteiger partial charge is 0.191 e. The predicted octanol–water partition coefficient (Wildman–Crippen LogP) is 2.92. The molecule has 19 heavy (non-hydrogen) atoms. The van der Waals surface area contributed by atoms with Crippen LogP contribution in [0, 0.1) is 0 Å². The second kappa shape index (κ2) is 11.8. The van der Waals surface area contributed by atoms with Crippen molar-refractivity contribution >= 4 is 29.9 Å². The zero-order valence-corrected chi connectivity index (χ0v) is 14.9. The van der Waals surface area contributed by atoms with Gasteiger partial charge >= 0.3 is 0 Å². The van der Waals surface area contributed by atoms with E-state index in [9.17, 15) is 0 Å². The molecule has 0 amide bonds. The number of aliphatic imine (C=N–C) groups is 1. The van der Waals surface area contributed by atoms with E-state index in [4.69, 9.17) is 4.74 Å². The van der Waals surface area contributed by atoms with Gasteiger partial charge in [0.25, 0.3) is 0 Å². The Morgan fingerprint density at radius 2 is 1.84 bits per heavy atom. The van der Waals surface area contributed by atoms with E-state index in [0.717, 1.165) is 19.1 Å². The molecule has 0 aromatic heterocycles. The monoisotopic (exact) mass is 383 g/mol. The summed E-state index contributed by atoms with van der Waals surface area (Å²) >= 11 is 0. The van der Waals surface area contributed by atoms with Crippen molar-refractivity contribution in [3.63, 3.8) is 0 Å². The number of rotatable bonds is 5. The Balaban J connectivity index is 0.00000324. The van der Waals surface area contributed by atoms with Crippen molar-refractivity contribution in [1.29, 1.82) is 0 Å². The second-order valence-corrected chi connectivity index (χ2v) is 5.28. The Bertz CT molecular complexity index is 239. The van der Waals surface area contributed by atoms with Crippen molar-refractivity contribution < 1.29 is 4.74 Å². The Hall–Kier alpha value is -0.0400. The molecule has 0 bridgehead atoms. The van der Waals surface area contributed by atoms with Crippen LogP contribution >= 0.6 is 24.0 Å². The second-order valence-electron chi connectivity index (χ2n) is 5.28. The molecule has 0 heterocycles. The van der Waals surface area contributed by atoms with Crippen molar-refractivity contribution in [2.75, 3.05) is 20.2 Å². The van der Waals surface area contributed by atoms with Crippen LogP contribution < -0.4 is 10.6 Å². The van der Waals surface area contributed by atoms with Crippen molar-refractivity contribution in [2.24, 2.45) is 4.99 Å². The summed E-state index contributed by atoms with van der Waals surface area (Å²) < 4.78 is 5.92. The molecule has 2 N–H and O–H groups in total. The molecule has 114 valence electrons. The number of nitrogens with zero attached hydrogens (tertiary/aromatic N) is 1. The Morgan fingerprint density at radius 1 is 1.21 bits per heavy atom. The SMILES string of the molecule is CN=C(NCCOC1CCCCCC1)NC(C)C.I. The molecule has 0 spiro atoms. The third-order valence-corrected chi connectivity index (χ3v) is 3.20.